The zero-order valence-corrected chi connectivity index (χ0v) is 19.9. The van der Waals surface area contributed by atoms with Crippen molar-refractivity contribution < 1.29 is 4.74 Å². The Bertz CT molecular complexity index is 940. The molecule has 3 N–H and O–H groups in total. The van der Waals surface area contributed by atoms with Gasteiger partial charge in [0.2, 0.25) is 11.8 Å². The minimum absolute atomic E-state index is 0.244. The van der Waals surface area contributed by atoms with Gasteiger partial charge in [-0.25, -0.2) is 4.31 Å². The number of rotatable bonds is 6. The molecular formula is C24H34N6OS. The molecule has 1 aromatic carbocycles. The maximum absolute atomic E-state index is 6.32. The van der Waals surface area contributed by atoms with Crippen molar-refractivity contribution in [2.45, 2.75) is 69.8 Å². The molecule has 1 saturated heterocycles. The van der Waals surface area contributed by atoms with E-state index in [0.29, 0.717) is 18.5 Å². The standard InChI is InChI=1S/C24H34N6OS/c1-16-10-12-30(13-11-16)32-19-8-9-20(17(2)14-19)27-24-28-22-21(25-15-26-22)23(29-24)31-18-6-4-3-5-7-18/h8-9,14,16,18,25H,3-7,10-13,15H2,1-2H3,(H2,26,27,28,29). The monoisotopic (exact) mass is 454 g/mol. The van der Waals surface area contributed by atoms with Crippen molar-refractivity contribution in [3.05, 3.63) is 23.8 Å². The molecule has 32 heavy (non-hydrogen) atoms. The van der Waals surface area contributed by atoms with Gasteiger partial charge in [-0.05, 0) is 87.1 Å². The van der Waals surface area contributed by atoms with Crippen molar-refractivity contribution in [1.29, 1.82) is 0 Å². The summed E-state index contributed by atoms with van der Waals surface area (Å²) >= 11 is 1.87. The van der Waals surface area contributed by atoms with E-state index in [1.807, 2.05) is 11.9 Å². The fraction of sp³-hybridized carbons (Fsp3) is 0.583. The van der Waals surface area contributed by atoms with Gasteiger partial charge in [0, 0.05) is 23.7 Å². The van der Waals surface area contributed by atoms with Crippen LogP contribution in [0.3, 0.4) is 0 Å². The molecule has 2 aromatic rings. The van der Waals surface area contributed by atoms with Gasteiger partial charge in [0.25, 0.3) is 0 Å². The van der Waals surface area contributed by atoms with Crippen LogP contribution in [0.4, 0.5) is 23.1 Å². The lowest BCUT2D eigenvalue weighted by atomic mass is 9.98. The molecule has 0 unspecified atom stereocenters. The molecule has 172 valence electrons. The molecule has 0 spiro atoms. The van der Waals surface area contributed by atoms with Gasteiger partial charge in [0.05, 0.1) is 6.67 Å². The summed E-state index contributed by atoms with van der Waals surface area (Å²) < 4.78 is 8.80. The highest BCUT2D eigenvalue weighted by Gasteiger charge is 2.24. The molecule has 0 radical (unpaired) electrons. The van der Waals surface area contributed by atoms with Gasteiger partial charge >= 0.3 is 0 Å². The predicted molar refractivity (Wildman–Crippen MR) is 132 cm³/mol. The van der Waals surface area contributed by atoms with Crippen LogP contribution < -0.4 is 20.7 Å². The Kier molecular flexibility index (Phi) is 6.59. The first-order valence-electron chi connectivity index (χ1n) is 12.0. The minimum atomic E-state index is 0.244. The zero-order valence-electron chi connectivity index (χ0n) is 19.1. The summed E-state index contributed by atoms with van der Waals surface area (Å²) in [5, 5.41) is 10.0. The Morgan fingerprint density at radius 3 is 2.66 bits per heavy atom. The minimum Gasteiger partial charge on any atom is -0.473 e. The van der Waals surface area contributed by atoms with Gasteiger partial charge < -0.3 is 20.7 Å². The first-order chi connectivity index (χ1) is 15.6. The van der Waals surface area contributed by atoms with Crippen molar-refractivity contribution >= 4 is 35.1 Å². The van der Waals surface area contributed by atoms with E-state index in [1.54, 1.807) is 0 Å². The van der Waals surface area contributed by atoms with Crippen molar-refractivity contribution in [3.63, 3.8) is 0 Å². The van der Waals surface area contributed by atoms with Crippen molar-refractivity contribution in [2.24, 2.45) is 5.92 Å². The molecule has 8 heteroatoms. The van der Waals surface area contributed by atoms with Crippen LogP contribution >= 0.6 is 11.9 Å². The Morgan fingerprint density at radius 2 is 1.88 bits per heavy atom. The van der Waals surface area contributed by atoms with Crippen LogP contribution in [-0.4, -0.2) is 40.1 Å². The number of aryl methyl sites for hydroxylation is 1. The number of nitrogens with zero attached hydrogens (tertiary/aromatic N) is 3. The topological polar surface area (TPSA) is 74.3 Å². The number of hydrogen-bond acceptors (Lipinski definition) is 8. The van der Waals surface area contributed by atoms with Gasteiger partial charge in [-0.3, -0.25) is 0 Å². The number of aromatic nitrogens is 2. The number of piperidine rings is 1. The summed E-state index contributed by atoms with van der Waals surface area (Å²) in [5.41, 5.74) is 3.09. The summed E-state index contributed by atoms with van der Waals surface area (Å²) in [7, 11) is 0. The van der Waals surface area contributed by atoms with Gasteiger partial charge in [0.1, 0.15) is 11.8 Å². The van der Waals surface area contributed by atoms with Crippen LogP contribution in [0.5, 0.6) is 5.88 Å². The van der Waals surface area contributed by atoms with E-state index >= 15 is 0 Å². The van der Waals surface area contributed by atoms with Gasteiger partial charge in [-0.2, -0.15) is 9.97 Å². The molecule has 7 nitrogen and oxygen atoms in total. The van der Waals surface area contributed by atoms with Crippen molar-refractivity contribution in [1.82, 2.24) is 14.3 Å². The van der Waals surface area contributed by atoms with Gasteiger partial charge in [0.15, 0.2) is 5.82 Å². The molecule has 1 aromatic heterocycles. The third kappa shape index (κ3) is 5.07. The largest absolute Gasteiger partial charge is 0.473 e. The Labute approximate surface area is 195 Å². The van der Waals surface area contributed by atoms with Gasteiger partial charge in [-0.1, -0.05) is 13.3 Å². The number of hydrogen-bond donors (Lipinski definition) is 3. The summed E-state index contributed by atoms with van der Waals surface area (Å²) in [6.45, 7) is 7.47. The number of benzene rings is 1. The summed E-state index contributed by atoms with van der Waals surface area (Å²) in [6.07, 6.45) is 8.79. The molecular weight excluding hydrogens is 420 g/mol. The highest BCUT2D eigenvalue weighted by molar-refractivity contribution is 7.97. The average molecular weight is 455 g/mol. The first-order valence-corrected chi connectivity index (χ1v) is 12.8. The average Bonchev–Trinajstić information content (AvgIpc) is 3.27. The zero-order chi connectivity index (χ0) is 21.9. The van der Waals surface area contributed by atoms with Crippen LogP contribution in [-0.2, 0) is 0 Å². The van der Waals surface area contributed by atoms with Crippen LogP contribution in [0.15, 0.2) is 23.1 Å². The molecule has 5 rings (SSSR count). The number of nitrogens with one attached hydrogen (secondary N) is 3. The smallest absolute Gasteiger partial charge is 0.244 e. The maximum atomic E-state index is 6.32. The molecule has 1 saturated carbocycles. The second kappa shape index (κ2) is 9.75. The fourth-order valence-corrected chi connectivity index (χ4v) is 5.65. The number of ether oxygens (including phenoxy) is 1. The molecule has 2 aliphatic heterocycles. The quantitative estimate of drug-likeness (QED) is 0.475. The predicted octanol–water partition coefficient (Wildman–Crippen LogP) is 5.77. The first kappa shape index (κ1) is 21.6. The third-order valence-corrected chi connectivity index (χ3v) is 7.74. The molecule has 2 fully saturated rings. The normalized spacial score (nSPS) is 19.8. The van der Waals surface area contributed by atoms with E-state index in [4.69, 9.17) is 9.72 Å². The van der Waals surface area contributed by atoms with E-state index in [-0.39, 0.29) is 6.10 Å². The van der Waals surface area contributed by atoms with Crippen molar-refractivity contribution in [2.75, 3.05) is 35.7 Å². The molecule has 0 atom stereocenters. The third-order valence-electron chi connectivity index (χ3n) is 6.65. The van der Waals surface area contributed by atoms with Gasteiger partial charge in [-0.15, -0.1) is 0 Å². The van der Waals surface area contributed by atoms with E-state index in [1.165, 1.54) is 55.7 Å². The second-order valence-corrected chi connectivity index (χ2v) is 10.5. The Morgan fingerprint density at radius 1 is 1.06 bits per heavy atom. The lowest BCUT2D eigenvalue weighted by Crippen LogP contribution is -2.27. The van der Waals surface area contributed by atoms with Crippen LogP contribution in [0, 0.1) is 12.8 Å². The van der Waals surface area contributed by atoms with Crippen LogP contribution in [0.2, 0.25) is 0 Å². The SMILES string of the molecule is Cc1cc(SN2CCC(C)CC2)ccc1Nc1nc2c(c(OC3CCCCC3)n1)NCN2. The summed E-state index contributed by atoms with van der Waals surface area (Å²) in [6, 6.07) is 6.57. The molecule has 0 amide bonds. The summed E-state index contributed by atoms with van der Waals surface area (Å²) in [5.74, 6) is 2.87. The Balaban J connectivity index is 1.29. The van der Waals surface area contributed by atoms with E-state index < -0.39 is 0 Å². The number of fused-ring (bicyclic) bond motifs is 1. The van der Waals surface area contributed by atoms with E-state index in [0.717, 1.165) is 36.0 Å². The maximum Gasteiger partial charge on any atom is 0.244 e. The highest BCUT2D eigenvalue weighted by atomic mass is 32.2. The van der Waals surface area contributed by atoms with E-state index in [9.17, 15) is 0 Å². The van der Waals surface area contributed by atoms with E-state index in [2.05, 4.69) is 57.3 Å². The van der Waals surface area contributed by atoms with Crippen LogP contribution in [0.1, 0.15) is 57.4 Å². The molecule has 3 heterocycles. The molecule has 0 bridgehead atoms. The number of anilines is 4. The highest BCUT2D eigenvalue weighted by Crippen LogP contribution is 2.37. The molecule has 3 aliphatic rings. The Hall–Kier alpha value is -2.19. The molecule has 1 aliphatic carbocycles. The summed E-state index contributed by atoms with van der Waals surface area (Å²) in [4.78, 5) is 10.7. The van der Waals surface area contributed by atoms with Crippen LogP contribution in [0.25, 0.3) is 0 Å². The fourth-order valence-electron chi connectivity index (χ4n) is 4.60. The lowest BCUT2D eigenvalue weighted by Gasteiger charge is -2.29. The lowest BCUT2D eigenvalue weighted by molar-refractivity contribution is 0.150. The second-order valence-electron chi connectivity index (χ2n) is 9.29. The van der Waals surface area contributed by atoms with Crippen molar-refractivity contribution in [3.8, 4) is 5.88 Å².